The minimum absolute atomic E-state index is 0.476. The van der Waals surface area contributed by atoms with Gasteiger partial charge in [0.15, 0.2) is 11.5 Å². The van der Waals surface area contributed by atoms with Crippen molar-refractivity contribution in [2.24, 2.45) is 0 Å². The Hall–Kier alpha value is -1.75. The molecule has 0 radical (unpaired) electrons. The van der Waals surface area contributed by atoms with Crippen molar-refractivity contribution in [3.8, 4) is 11.5 Å². The minimum atomic E-state index is 0.476. The van der Waals surface area contributed by atoms with Crippen molar-refractivity contribution >= 4 is 11.6 Å². The summed E-state index contributed by atoms with van der Waals surface area (Å²) in [7, 11) is 1.64. The number of ether oxygens (including phenoxy) is 3. The van der Waals surface area contributed by atoms with Crippen LogP contribution in [0.1, 0.15) is 30.0 Å². The Bertz CT molecular complexity index is 691. The van der Waals surface area contributed by atoms with Gasteiger partial charge in [-0.2, -0.15) is 0 Å². The maximum atomic E-state index is 6.43. The molecule has 0 unspecified atom stereocenters. The monoisotopic (exact) mass is 377 g/mol. The molecule has 2 aromatic carbocycles. The highest BCUT2D eigenvalue weighted by Gasteiger charge is 2.11. The summed E-state index contributed by atoms with van der Waals surface area (Å²) in [4.78, 5) is 0. The molecule has 2 rings (SSSR count). The van der Waals surface area contributed by atoms with Crippen molar-refractivity contribution in [3.05, 3.63) is 58.1 Å². The van der Waals surface area contributed by atoms with E-state index in [1.807, 2.05) is 31.2 Å². The molecule has 4 nitrogen and oxygen atoms in total. The van der Waals surface area contributed by atoms with Crippen LogP contribution in [0, 0.1) is 6.92 Å². The van der Waals surface area contributed by atoms with Gasteiger partial charge in [-0.25, -0.2) is 0 Å². The quantitative estimate of drug-likeness (QED) is 0.573. The summed E-state index contributed by atoms with van der Waals surface area (Å²) in [6.07, 6.45) is 0.973. The molecule has 0 aliphatic carbocycles. The van der Waals surface area contributed by atoms with Crippen LogP contribution in [-0.4, -0.2) is 26.9 Å². The summed E-state index contributed by atoms with van der Waals surface area (Å²) in [6.45, 7) is 7.63. The maximum absolute atomic E-state index is 6.43. The number of aryl methyl sites for hydroxylation is 1. The number of rotatable bonds is 11. The van der Waals surface area contributed by atoms with Crippen LogP contribution < -0.4 is 14.8 Å². The van der Waals surface area contributed by atoms with Gasteiger partial charge in [-0.05, 0) is 44.0 Å². The molecule has 0 amide bonds. The van der Waals surface area contributed by atoms with Gasteiger partial charge in [-0.1, -0.05) is 41.4 Å². The second kappa shape index (κ2) is 11.1. The van der Waals surface area contributed by atoms with Gasteiger partial charge in [0.05, 0.1) is 7.11 Å². The van der Waals surface area contributed by atoms with Crippen molar-refractivity contribution in [1.82, 2.24) is 5.32 Å². The van der Waals surface area contributed by atoms with Crippen molar-refractivity contribution in [2.45, 2.75) is 33.4 Å². The molecule has 0 spiro atoms. The molecule has 0 aliphatic rings. The molecule has 26 heavy (non-hydrogen) atoms. The Morgan fingerprint density at radius 3 is 2.69 bits per heavy atom. The first-order valence-corrected chi connectivity index (χ1v) is 9.35. The number of methoxy groups -OCH3 is 1. The van der Waals surface area contributed by atoms with Crippen LogP contribution in [-0.2, 0) is 17.9 Å². The van der Waals surface area contributed by atoms with E-state index in [4.69, 9.17) is 25.8 Å². The average molecular weight is 378 g/mol. The molecular weight excluding hydrogens is 350 g/mol. The van der Waals surface area contributed by atoms with Gasteiger partial charge in [-0.15, -0.1) is 0 Å². The molecule has 0 aromatic heterocycles. The van der Waals surface area contributed by atoms with Gasteiger partial charge in [0, 0.05) is 30.8 Å². The topological polar surface area (TPSA) is 39.7 Å². The molecule has 0 heterocycles. The maximum Gasteiger partial charge on any atom is 0.163 e. The lowest BCUT2D eigenvalue weighted by atomic mass is 10.1. The van der Waals surface area contributed by atoms with Crippen LogP contribution >= 0.6 is 11.6 Å². The third-order valence-corrected chi connectivity index (χ3v) is 4.32. The molecule has 0 bridgehead atoms. The van der Waals surface area contributed by atoms with Gasteiger partial charge < -0.3 is 19.5 Å². The Kier molecular flexibility index (Phi) is 8.75. The lowest BCUT2D eigenvalue weighted by Crippen LogP contribution is -2.16. The van der Waals surface area contributed by atoms with Crippen LogP contribution in [0.4, 0.5) is 0 Å². The van der Waals surface area contributed by atoms with E-state index in [1.165, 1.54) is 5.56 Å². The molecule has 142 valence electrons. The van der Waals surface area contributed by atoms with E-state index in [-0.39, 0.29) is 0 Å². The van der Waals surface area contributed by atoms with Crippen molar-refractivity contribution in [2.75, 3.05) is 26.9 Å². The average Bonchev–Trinajstić information content (AvgIpc) is 2.64. The van der Waals surface area contributed by atoms with Crippen molar-refractivity contribution in [3.63, 3.8) is 0 Å². The zero-order chi connectivity index (χ0) is 18.8. The van der Waals surface area contributed by atoms with Gasteiger partial charge in [0.1, 0.15) is 6.61 Å². The van der Waals surface area contributed by atoms with Crippen molar-refractivity contribution in [1.29, 1.82) is 0 Å². The number of benzene rings is 2. The van der Waals surface area contributed by atoms with E-state index in [1.54, 1.807) is 7.11 Å². The second-order valence-corrected chi connectivity index (χ2v) is 6.51. The molecule has 0 saturated carbocycles. The molecule has 0 aliphatic heterocycles. The first-order valence-electron chi connectivity index (χ1n) is 8.97. The second-order valence-electron chi connectivity index (χ2n) is 6.10. The fraction of sp³-hybridized carbons (Fsp3) is 0.429. The van der Waals surface area contributed by atoms with E-state index in [9.17, 15) is 0 Å². The van der Waals surface area contributed by atoms with Gasteiger partial charge in [0.2, 0.25) is 0 Å². The minimum Gasteiger partial charge on any atom is -0.493 e. The zero-order valence-corrected chi connectivity index (χ0v) is 16.6. The largest absolute Gasteiger partial charge is 0.493 e. The smallest absolute Gasteiger partial charge is 0.163 e. The van der Waals surface area contributed by atoms with E-state index in [0.29, 0.717) is 29.7 Å². The van der Waals surface area contributed by atoms with Crippen LogP contribution in [0.5, 0.6) is 11.5 Å². The summed E-state index contributed by atoms with van der Waals surface area (Å²) in [5.74, 6) is 1.34. The third kappa shape index (κ3) is 6.52. The molecule has 1 N–H and O–H groups in total. The van der Waals surface area contributed by atoms with E-state index in [0.717, 1.165) is 37.3 Å². The molecule has 5 heteroatoms. The lowest BCUT2D eigenvalue weighted by molar-refractivity contribution is 0.144. The van der Waals surface area contributed by atoms with E-state index >= 15 is 0 Å². The fourth-order valence-electron chi connectivity index (χ4n) is 2.61. The highest BCUT2D eigenvalue weighted by Crippen LogP contribution is 2.34. The SMILES string of the molecule is CCOCCCNCc1cc(OC)c(OCc2cccc(C)c2)cc1Cl. The molecular formula is C21H28ClNO3. The Labute approximate surface area is 161 Å². The highest BCUT2D eigenvalue weighted by atomic mass is 35.5. The van der Waals surface area contributed by atoms with Crippen LogP contribution in [0.15, 0.2) is 36.4 Å². The van der Waals surface area contributed by atoms with Crippen LogP contribution in [0.2, 0.25) is 5.02 Å². The number of halogens is 1. The Morgan fingerprint density at radius 2 is 1.96 bits per heavy atom. The summed E-state index contributed by atoms with van der Waals surface area (Å²) in [6, 6.07) is 12.0. The normalized spacial score (nSPS) is 10.8. The molecule has 0 fully saturated rings. The fourth-order valence-corrected chi connectivity index (χ4v) is 2.84. The van der Waals surface area contributed by atoms with E-state index in [2.05, 4.69) is 24.4 Å². The zero-order valence-electron chi connectivity index (χ0n) is 15.8. The number of nitrogens with one attached hydrogen (secondary N) is 1. The van der Waals surface area contributed by atoms with Gasteiger partial charge >= 0.3 is 0 Å². The molecule has 2 aromatic rings. The first-order chi connectivity index (χ1) is 12.6. The predicted octanol–water partition coefficient (Wildman–Crippen LogP) is 4.75. The highest BCUT2D eigenvalue weighted by molar-refractivity contribution is 6.31. The van der Waals surface area contributed by atoms with Crippen molar-refractivity contribution < 1.29 is 14.2 Å². The predicted molar refractivity (Wildman–Crippen MR) is 106 cm³/mol. The summed E-state index contributed by atoms with van der Waals surface area (Å²) in [5, 5.41) is 4.04. The van der Waals surface area contributed by atoms with Gasteiger partial charge in [0.25, 0.3) is 0 Å². The third-order valence-electron chi connectivity index (χ3n) is 3.97. The van der Waals surface area contributed by atoms with Gasteiger partial charge in [-0.3, -0.25) is 0 Å². The summed E-state index contributed by atoms with van der Waals surface area (Å²) < 4.78 is 16.7. The number of hydrogen-bond donors (Lipinski definition) is 1. The van der Waals surface area contributed by atoms with Crippen LogP contribution in [0.3, 0.4) is 0 Å². The van der Waals surface area contributed by atoms with Crippen LogP contribution in [0.25, 0.3) is 0 Å². The van der Waals surface area contributed by atoms with E-state index < -0.39 is 0 Å². The number of hydrogen-bond acceptors (Lipinski definition) is 4. The Morgan fingerprint density at radius 1 is 1.12 bits per heavy atom. The summed E-state index contributed by atoms with van der Waals surface area (Å²) in [5.41, 5.74) is 3.31. The summed E-state index contributed by atoms with van der Waals surface area (Å²) >= 11 is 6.43. The standard InChI is InChI=1S/C21H28ClNO3/c1-4-25-10-6-9-23-14-18-12-20(24-3)21(13-19(18)22)26-15-17-8-5-7-16(2)11-17/h5,7-8,11-13,23H,4,6,9-10,14-15H2,1-3H3. The lowest BCUT2D eigenvalue weighted by Gasteiger charge is -2.14. The molecule has 0 atom stereocenters. The Balaban J connectivity index is 1.95. The first kappa shape index (κ1) is 20.6. The molecule has 0 saturated heterocycles.